The molecule has 0 fully saturated rings. The van der Waals surface area contributed by atoms with Gasteiger partial charge in [0, 0.05) is 29.3 Å². The maximum atomic E-state index is 2.39. The average molecular weight is 827 g/mol. The molecule has 0 bridgehead atoms. The number of aryl methyl sites for hydroxylation is 12. The highest BCUT2D eigenvalue weighted by atomic mass is 32.1. The summed E-state index contributed by atoms with van der Waals surface area (Å²) < 4.78 is 2.82. The zero-order chi connectivity index (χ0) is 41.2. The Morgan fingerprint density at radius 1 is 0.259 bits per heavy atom. The van der Waals surface area contributed by atoms with Crippen molar-refractivity contribution in [2.24, 2.45) is 0 Å². The lowest BCUT2D eigenvalue weighted by Crippen LogP contribution is -2.54. The number of thiophene rings is 4. The third kappa shape index (κ3) is 7.70. The van der Waals surface area contributed by atoms with Gasteiger partial charge in [0.05, 0.1) is 0 Å². The smallest absolute Gasteiger partial charge is 0.148 e. The molecule has 0 unspecified atom stereocenters. The molecule has 4 aromatic carbocycles. The van der Waals surface area contributed by atoms with E-state index in [2.05, 4.69) is 180 Å². The average Bonchev–Trinajstić information content (AvgIpc) is 3.96. The molecule has 8 aromatic rings. The van der Waals surface area contributed by atoms with Gasteiger partial charge in [-0.25, -0.2) is 0 Å². The van der Waals surface area contributed by atoms with Crippen LogP contribution in [-0.4, -0.2) is 13.4 Å². The standard InChI is InChI=1S/C52H52B2S4/c1-29-21-33(5)49(34(6)22-29)53(50-35(7)23-30(2)24-36(50)8)47-19-17-45(57-47)43-15-13-41(55-43)42-14-16-44(56-42)46-18-20-48(58-46)54(51-37(9)25-31(3)26-38(51)10)52-39(11)27-32(4)28-40(52)12/h13-28H,1-12H3. The predicted molar refractivity (Wildman–Crippen MR) is 266 cm³/mol. The van der Waals surface area contributed by atoms with Crippen LogP contribution in [0.4, 0.5) is 0 Å². The SMILES string of the molecule is Cc1cc(C)c(B(c2ccc(-c3ccc(-c4ccc(-c5ccc(B(c6c(C)cc(C)cc6C)c6c(C)cc(C)cc6C)s5)s4)s3)s2)c2c(C)cc(C)cc2C)c(C)c1. The second kappa shape index (κ2) is 16.1. The maximum absolute atomic E-state index is 2.39. The van der Waals surface area contributed by atoms with E-state index >= 15 is 0 Å². The summed E-state index contributed by atoms with van der Waals surface area (Å²) >= 11 is 7.76. The normalized spacial score (nSPS) is 11.4. The van der Waals surface area contributed by atoms with Crippen LogP contribution in [0.25, 0.3) is 29.3 Å². The summed E-state index contributed by atoms with van der Waals surface area (Å²) in [5, 5.41) is 0. The first kappa shape index (κ1) is 40.6. The highest BCUT2D eigenvalue weighted by molar-refractivity contribution is 7.34. The van der Waals surface area contributed by atoms with E-state index in [1.807, 2.05) is 45.3 Å². The first-order chi connectivity index (χ1) is 27.7. The highest BCUT2D eigenvalue weighted by Crippen LogP contribution is 2.42. The molecule has 0 amide bonds. The van der Waals surface area contributed by atoms with Crippen LogP contribution in [-0.2, 0) is 0 Å². The van der Waals surface area contributed by atoms with E-state index in [1.54, 1.807) is 0 Å². The van der Waals surface area contributed by atoms with Gasteiger partial charge in [0.1, 0.15) is 0 Å². The summed E-state index contributed by atoms with van der Waals surface area (Å²) in [6.45, 7) is 27.6. The predicted octanol–water partition coefficient (Wildman–Crippen LogP) is 11.7. The lowest BCUT2D eigenvalue weighted by molar-refractivity contribution is 1.34. The molecule has 8 rings (SSSR count). The summed E-state index contributed by atoms with van der Waals surface area (Å²) in [6, 6.07) is 37.7. The minimum atomic E-state index is 0.201. The van der Waals surface area contributed by atoms with Gasteiger partial charge in [-0.15, -0.1) is 45.3 Å². The molecule has 290 valence electrons. The molecule has 0 aliphatic heterocycles. The minimum Gasteiger partial charge on any atom is -0.148 e. The second-order valence-electron chi connectivity index (χ2n) is 16.8. The summed E-state index contributed by atoms with van der Waals surface area (Å²) in [7, 11) is 0. The number of hydrogen-bond acceptors (Lipinski definition) is 4. The van der Waals surface area contributed by atoms with Crippen molar-refractivity contribution in [3.63, 3.8) is 0 Å². The first-order valence-electron chi connectivity index (χ1n) is 20.4. The van der Waals surface area contributed by atoms with Gasteiger partial charge in [0.2, 0.25) is 0 Å². The van der Waals surface area contributed by atoms with Gasteiger partial charge in [0.25, 0.3) is 13.4 Å². The van der Waals surface area contributed by atoms with Crippen LogP contribution in [0.15, 0.2) is 97.1 Å². The Hall–Kier alpha value is -4.19. The topological polar surface area (TPSA) is 0 Å². The molecule has 0 radical (unpaired) electrons. The van der Waals surface area contributed by atoms with Crippen molar-refractivity contribution in [1.82, 2.24) is 0 Å². The molecule has 0 atom stereocenters. The van der Waals surface area contributed by atoms with Gasteiger partial charge in [-0.3, -0.25) is 0 Å². The number of benzene rings is 4. The molecule has 0 aliphatic rings. The zero-order valence-corrected chi connectivity index (χ0v) is 39.3. The molecule has 6 heteroatoms. The van der Waals surface area contributed by atoms with Crippen molar-refractivity contribution >= 4 is 90.2 Å². The van der Waals surface area contributed by atoms with Gasteiger partial charge < -0.3 is 0 Å². The van der Waals surface area contributed by atoms with Gasteiger partial charge in [-0.1, -0.05) is 149 Å². The van der Waals surface area contributed by atoms with Crippen LogP contribution >= 0.6 is 45.3 Å². The fourth-order valence-electron chi connectivity index (χ4n) is 9.93. The maximum Gasteiger partial charge on any atom is 0.255 e. The Balaban J connectivity index is 1.12. The van der Waals surface area contributed by atoms with Crippen LogP contribution in [0.1, 0.15) is 66.8 Å². The van der Waals surface area contributed by atoms with Gasteiger partial charge in [0.15, 0.2) is 0 Å². The van der Waals surface area contributed by atoms with Gasteiger partial charge >= 0.3 is 0 Å². The Labute approximate surface area is 363 Å². The molecule has 58 heavy (non-hydrogen) atoms. The lowest BCUT2D eigenvalue weighted by atomic mass is 9.37. The number of rotatable bonds is 9. The van der Waals surface area contributed by atoms with Crippen molar-refractivity contribution in [3.05, 3.63) is 164 Å². The zero-order valence-electron chi connectivity index (χ0n) is 36.0. The summed E-state index contributed by atoms with van der Waals surface area (Å²) in [4.78, 5) is 8.02. The van der Waals surface area contributed by atoms with Gasteiger partial charge in [-0.2, -0.15) is 0 Å². The summed E-state index contributed by atoms with van der Waals surface area (Å²) in [6.07, 6.45) is 0. The minimum absolute atomic E-state index is 0.201. The summed E-state index contributed by atoms with van der Waals surface area (Å²) in [5.74, 6) is 0. The van der Waals surface area contributed by atoms with E-state index in [0.717, 1.165) is 0 Å². The van der Waals surface area contributed by atoms with Crippen molar-refractivity contribution in [3.8, 4) is 29.3 Å². The molecule has 0 N–H and O–H groups in total. The quantitative estimate of drug-likeness (QED) is 0.127. The van der Waals surface area contributed by atoms with Crippen molar-refractivity contribution in [2.45, 2.75) is 83.1 Å². The fraction of sp³-hybridized carbons (Fsp3) is 0.231. The molecule has 0 spiro atoms. The fourth-order valence-corrected chi connectivity index (χ4v) is 14.5. The van der Waals surface area contributed by atoms with E-state index in [4.69, 9.17) is 0 Å². The van der Waals surface area contributed by atoms with E-state index < -0.39 is 0 Å². The van der Waals surface area contributed by atoms with E-state index in [9.17, 15) is 0 Å². The van der Waals surface area contributed by atoms with E-state index in [-0.39, 0.29) is 13.4 Å². The highest BCUT2D eigenvalue weighted by Gasteiger charge is 2.32. The first-order valence-corrected chi connectivity index (χ1v) is 23.6. The molecule has 0 aliphatic carbocycles. The largest absolute Gasteiger partial charge is 0.255 e. The molecular weight excluding hydrogens is 774 g/mol. The van der Waals surface area contributed by atoms with Crippen molar-refractivity contribution < 1.29 is 0 Å². The van der Waals surface area contributed by atoms with Crippen LogP contribution in [0.2, 0.25) is 0 Å². The Kier molecular flexibility index (Phi) is 11.3. The Morgan fingerprint density at radius 2 is 0.448 bits per heavy atom. The summed E-state index contributed by atoms with van der Waals surface area (Å²) in [5.41, 5.74) is 22.1. The second-order valence-corrected chi connectivity index (χ2v) is 21.2. The van der Waals surface area contributed by atoms with Crippen LogP contribution in [0.5, 0.6) is 0 Å². The van der Waals surface area contributed by atoms with Crippen molar-refractivity contribution in [1.29, 1.82) is 0 Å². The Morgan fingerprint density at radius 3 is 0.672 bits per heavy atom. The Bertz CT molecular complexity index is 2440. The van der Waals surface area contributed by atoms with Crippen LogP contribution in [0, 0.1) is 83.1 Å². The number of hydrogen-bond donors (Lipinski definition) is 0. The molecule has 4 aromatic heterocycles. The van der Waals surface area contributed by atoms with Crippen LogP contribution < -0.4 is 31.4 Å². The lowest BCUT2D eigenvalue weighted by Gasteiger charge is -2.23. The molecule has 0 saturated carbocycles. The monoisotopic (exact) mass is 826 g/mol. The third-order valence-corrected chi connectivity index (χ3v) is 16.9. The molecular formula is C52H52B2S4. The van der Waals surface area contributed by atoms with E-state index in [1.165, 1.54) is 127 Å². The van der Waals surface area contributed by atoms with Gasteiger partial charge in [-0.05, 0) is 129 Å². The third-order valence-electron chi connectivity index (χ3n) is 11.9. The van der Waals surface area contributed by atoms with Crippen LogP contribution in [0.3, 0.4) is 0 Å². The molecule has 4 heterocycles. The molecule has 0 saturated heterocycles. The van der Waals surface area contributed by atoms with Crippen molar-refractivity contribution in [2.75, 3.05) is 0 Å². The molecule has 0 nitrogen and oxygen atoms in total. The van der Waals surface area contributed by atoms with E-state index in [0.29, 0.717) is 0 Å².